The van der Waals surface area contributed by atoms with E-state index in [1.165, 1.54) is 71.1 Å². The molecule has 0 aromatic carbocycles. The summed E-state index contributed by atoms with van der Waals surface area (Å²) >= 11 is 0. The van der Waals surface area contributed by atoms with Crippen LogP contribution in [0.15, 0.2) is 23.9 Å². The van der Waals surface area contributed by atoms with Gasteiger partial charge in [0.15, 0.2) is 5.78 Å². The molecule has 0 aliphatic heterocycles. The number of ether oxygens (including phenoxy) is 1. The highest BCUT2D eigenvalue weighted by Gasteiger charge is 2.26. The lowest BCUT2D eigenvalue weighted by Crippen LogP contribution is -2.41. The van der Waals surface area contributed by atoms with Gasteiger partial charge in [0.05, 0.1) is 6.61 Å². The maximum Gasteiger partial charge on any atom is 0.341 e. The summed E-state index contributed by atoms with van der Waals surface area (Å²) in [6, 6.07) is 1.20. The van der Waals surface area contributed by atoms with Crippen molar-refractivity contribution in [3.8, 4) is 0 Å². The van der Waals surface area contributed by atoms with Gasteiger partial charge in [-0.3, -0.25) is 4.79 Å². The molecule has 2 fully saturated rings. The standard InChI is InChI=1S/C21H33NO3/c1-3-25-21(24)20(17(2)23)15-10-16-22(18-11-6-4-7-12-18)19-13-8-5-9-14-19/h10,15-16,18-19H,3-9,11-14H2,1-2H3/b16-10+,20-15-. The second-order valence-electron chi connectivity index (χ2n) is 7.23. The van der Waals surface area contributed by atoms with Gasteiger partial charge in [-0.05, 0) is 57.9 Å². The monoisotopic (exact) mass is 347 g/mol. The van der Waals surface area contributed by atoms with E-state index in [-0.39, 0.29) is 18.0 Å². The number of hydrogen-bond acceptors (Lipinski definition) is 4. The van der Waals surface area contributed by atoms with Crippen molar-refractivity contribution >= 4 is 11.8 Å². The van der Waals surface area contributed by atoms with Gasteiger partial charge < -0.3 is 9.64 Å². The molecule has 25 heavy (non-hydrogen) atoms. The van der Waals surface area contributed by atoms with Gasteiger partial charge in [0.1, 0.15) is 5.57 Å². The van der Waals surface area contributed by atoms with Crippen LogP contribution >= 0.6 is 0 Å². The summed E-state index contributed by atoms with van der Waals surface area (Å²) in [7, 11) is 0. The molecule has 0 heterocycles. The van der Waals surface area contributed by atoms with Crippen molar-refractivity contribution in [2.75, 3.05) is 6.61 Å². The van der Waals surface area contributed by atoms with Gasteiger partial charge in [0.25, 0.3) is 0 Å². The molecule has 0 aromatic rings. The van der Waals surface area contributed by atoms with E-state index in [0.29, 0.717) is 12.1 Å². The molecule has 0 aromatic heterocycles. The molecule has 140 valence electrons. The van der Waals surface area contributed by atoms with E-state index in [4.69, 9.17) is 4.74 Å². The van der Waals surface area contributed by atoms with Crippen LogP contribution in [0.4, 0.5) is 0 Å². The Hall–Kier alpha value is -1.58. The number of carbonyl (C=O) groups is 2. The molecule has 2 aliphatic rings. The van der Waals surface area contributed by atoms with Gasteiger partial charge >= 0.3 is 5.97 Å². The third-order valence-electron chi connectivity index (χ3n) is 5.39. The van der Waals surface area contributed by atoms with E-state index in [1.807, 2.05) is 6.08 Å². The Kier molecular flexibility index (Phi) is 8.23. The highest BCUT2D eigenvalue weighted by Crippen LogP contribution is 2.30. The van der Waals surface area contributed by atoms with Crippen LogP contribution < -0.4 is 0 Å². The van der Waals surface area contributed by atoms with Crippen LogP contribution in [0.5, 0.6) is 0 Å². The van der Waals surface area contributed by atoms with Gasteiger partial charge in [-0.2, -0.15) is 0 Å². The average molecular weight is 347 g/mol. The van der Waals surface area contributed by atoms with Crippen LogP contribution in [0, 0.1) is 0 Å². The number of esters is 1. The van der Waals surface area contributed by atoms with Gasteiger partial charge in [0.2, 0.25) is 0 Å². The van der Waals surface area contributed by atoms with Crippen molar-refractivity contribution < 1.29 is 14.3 Å². The molecule has 2 rings (SSSR count). The van der Waals surface area contributed by atoms with Crippen molar-refractivity contribution in [3.63, 3.8) is 0 Å². The topological polar surface area (TPSA) is 46.6 Å². The average Bonchev–Trinajstić information content (AvgIpc) is 2.63. The molecule has 2 aliphatic carbocycles. The molecule has 0 bridgehead atoms. The largest absolute Gasteiger partial charge is 0.462 e. The highest BCUT2D eigenvalue weighted by molar-refractivity contribution is 6.16. The lowest BCUT2D eigenvalue weighted by atomic mass is 9.89. The third-order valence-corrected chi connectivity index (χ3v) is 5.39. The van der Waals surface area contributed by atoms with Crippen molar-refractivity contribution in [1.82, 2.24) is 4.90 Å². The number of allylic oxidation sites excluding steroid dienone is 2. The van der Waals surface area contributed by atoms with E-state index in [9.17, 15) is 9.59 Å². The number of rotatable bonds is 7. The van der Waals surface area contributed by atoms with Crippen LogP contribution in [-0.2, 0) is 14.3 Å². The predicted molar refractivity (Wildman–Crippen MR) is 100 cm³/mol. The van der Waals surface area contributed by atoms with Crippen LogP contribution in [0.3, 0.4) is 0 Å². The molecule has 4 heteroatoms. The Morgan fingerprint density at radius 1 is 0.960 bits per heavy atom. The zero-order chi connectivity index (χ0) is 18.1. The van der Waals surface area contributed by atoms with Gasteiger partial charge in [0, 0.05) is 12.1 Å². The molecule has 0 N–H and O–H groups in total. The number of hydrogen-bond donors (Lipinski definition) is 0. The summed E-state index contributed by atoms with van der Waals surface area (Å²) in [6.07, 6.45) is 18.5. The van der Waals surface area contributed by atoms with Crippen molar-refractivity contribution in [2.24, 2.45) is 0 Å². The van der Waals surface area contributed by atoms with E-state index in [0.717, 1.165) is 0 Å². The molecule has 0 radical (unpaired) electrons. The fourth-order valence-electron chi connectivity index (χ4n) is 4.08. The lowest BCUT2D eigenvalue weighted by Gasteiger charge is -2.41. The van der Waals surface area contributed by atoms with Crippen molar-refractivity contribution in [3.05, 3.63) is 23.9 Å². The normalized spacial score (nSPS) is 20.6. The first-order valence-corrected chi connectivity index (χ1v) is 9.97. The Bertz CT molecular complexity index is 479. The lowest BCUT2D eigenvalue weighted by molar-refractivity contribution is -0.139. The Morgan fingerprint density at radius 3 is 1.92 bits per heavy atom. The summed E-state index contributed by atoms with van der Waals surface area (Å²) in [5.41, 5.74) is 0.130. The Balaban J connectivity index is 2.12. The van der Waals surface area contributed by atoms with E-state index in [1.54, 1.807) is 13.0 Å². The van der Waals surface area contributed by atoms with E-state index >= 15 is 0 Å². The molecule has 0 spiro atoms. The van der Waals surface area contributed by atoms with E-state index in [2.05, 4.69) is 11.1 Å². The van der Waals surface area contributed by atoms with Crippen molar-refractivity contribution in [1.29, 1.82) is 0 Å². The van der Waals surface area contributed by atoms with Crippen LogP contribution in [0.1, 0.15) is 78.1 Å². The van der Waals surface area contributed by atoms with Crippen LogP contribution in [-0.4, -0.2) is 35.3 Å². The maximum absolute atomic E-state index is 11.9. The van der Waals surface area contributed by atoms with Crippen molar-refractivity contribution in [2.45, 2.75) is 90.1 Å². The minimum absolute atomic E-state index is 0.130. The summed E-state index contributed by atoms with van der Waals surface area (Å²) in [5, 5.41) is 0. The zero-order valence-corrected chi connectivity index (χ0v) is 15.8. The smallest absolute Gasteiger partial charge is 0.341 e. The molecule has 0 amide bonds. The Morgan fingerprint density at radius 2 is 1.48 bits per heavy atom. The maximum atomic E-state index is 11.9. The molecule has 4 nitrogen and oxygen atoms in total. The molecular formula is C21H33NO3. The zero-order valence-electron chi connectivity index (χ0n) is 15.8. The molecule has 0 saturated heterocycles. The van der Waals surface area contributed by atoms with E-state index < -0.39 is 5.97 Å². The summed E-state index contributed by atoms with van der Waals surface area (Å²) < 4.78 is 4.98. The fraction of sp³-hybridized carbons (Fsp3) is 0.714. The molecular weight excluding hydrogens is 314 g/mol. The minimum atomic E-state index is -0.526. The fourth-order valence-corrected chi connectivity index (χ4v) is 4.08. The van der Waals surface area contributed by atoms with Gasteiger partial charge in [-0.1, -0.05) is 38.5 Å². The third kappa shape index (κ3) is 6.02. The van der Waals surface area contributed by atoms with Gasteiger partial charge in [-0.15, -0.1) is 0 Å². The first-order chi connectivity index (χ1) is 12.1. The summed E-state index contributed by atoms with van der Waals surface area (Å²) in [5.74, 6) is -0.772. The second-order valence-corrected chi connectivity index (χ2v) is 7.23. The quantitative estimate of drug-likeness (QED) is 0.223. The minimum Gasteiger partial charge on any atom is -0.462 e. The first kappa shape index (κ1) is 19.7. The first-order valence-electron chi connectivity index (χ1n) is 9.97. The molecule has 0 unspecified atom stereocenters. The number of nitrogens with zero attached hydrogens (tertiary/aromatic N) is 1. The second kappa shape index (κ2) is 10.4. The number of ketones is 1. The number of Topliss-reactive ketones (excluding diaryl/α,β-unsaturated/α-hetero) is 1. The van der Waals surface area contributed by atoms with Crippen LogP contribution in [0.2, 0.25) is 0 Å². The summed E-state index contributed by atoms with van der Waals surface area (Å²) in [4.78, 5) is 26.2. The van der Waals surface area contributed by atoms with Gasteiger partial charge in [-0.25, -0.2) is 4.79 Å². The molecule has 2 saturated carbocycles. The summed E-state index contributed by atoms with van der Waals surface area (Å²) in [6.45, 7) is 3.44. The SMILES string of the molecule is CCOC(=O)/C(=C\C=C\N(C1CCCCC1)C1CCCCC1)C(C)=O. The number of carbonyl (C=O) groups excluding carboxylic acids is 2. The predicted octanol–water partition coefficient (Wildman–Crippen LogP) is 4.55. The Labute approximate surface area is 152 Å². The van der Waals surface area contributed by atoms with Crippen LogP contribution in [0.25, 0.3) is 0 Å². The molecule has 0 atom stereocenters. The highest BCUT2D eigenvalue weighted by atomic mass is 16.5.